The molecular weight excluding hydrogens is 383 g/mol. The van der Waals surface area contributed by atoms with Crippen LogP contribution in [0, 0.1) is 0 Å². The first-order chi connectivity index (χ1) is 12.6. The third kappa shape index (κ3) is 4.07. The molecular formula is C17H14F3N3O3S. The van der Waals surface area contributed by atoms with Crippen molar-refractivity contribution in [2.45, 2.75) is 12.5 Å². The van der Waals surface area contributed by atoms with E-state index < -0.39 is 24.0 Å². The summed E-state index contributed by atoms with van der Waals surface area (Å²) in [5.41, 5.74) is 4.67. The van der Waals surface area contributed by atoms with Gasteiger partial charge >= 0.3 is 6.18 Å². The van der Waals surface area contributed by atoms with Crippen LogP contribution in [-0.2, 0) is 6.18 Å². The van der Waals surface area contributed by atoms with Crippen molar-refractivity contribution in [3.05, 3.63) is 53.6 Å². The molecule has 1 aromatic heterocycles. The smallest absolute Gasteiger partial charge is 0.416 e. The number of rotatable bonds is 5. The van der Waals surface area contributed by atoms with Crippen LogP contribution in [0.1, 0.15) is 15.9 Å². The minimum absolute atomic E-state index is 0.00559. The first-order valence-corrected chi connectivity index (χ1v) is 8.40. The third-order valence-electron chi connectivity index (χ3n) is 3.68. The zero-order chi connectivity index (χ0) is 19.8. The molecule has 142 valence electrons. The van der Waals surface area contributed by atoms with Gasteiger partial charge in [0, 0.05) is 15.8 Å². The Morgan fingerprint density at radius 2 is 1.89 bits per heavy atom. The fraction of sp³-hybridized carbons (Fsp3) is 0.118. The number of amides is 1. The Morgan fingerprint density at radius 3 is 2.56 bits per heavy atom. The van der Waals surface area contributed by atoms with E-state index in [0.29, 0.717) is 10.1 Å². The van der Waals surface area contributed by atoms with Crippen LogP contribution < -0.4 is 16.4 Å². The predicted molar refractivity (Wildman–Crippen MR) is 96.7 cm³/mol. The highest BCUT2D eigenvalue weighted by Gasteiger charge is 2.30. The van der Waals surface area contributed by atoms with Gasteiger partial charge in [-0.2, -0.15) is 13.2 Å². The summed E-state index contributed by atoms with van der Waals surface area (Å²) >= 11 is 1.06. The van der Waals surface area contributed by atoms with E-state index in [4.69, 9.17) is 5.73 Å². The SMILES string of the molecule is NC(=O)c1c(NC(O)Nc2cccc(C(F)(F)F)c2)sc2cc(O)ccc12. The molecule has 1 unspecified atom stereocenters. The van der Waals surface area contributed by atoms with E-state index in [0.717, 1.165) is 23.5 Å². The number of fused-ring (bicyclic) bond motifs is 1. The normalized spacial score (nSPS) is 12.7. The monoisotopic (exact) mass is 397 g/mol. The summed E-state index contributed by atoms with van der Waals surface area (Å²) in [5, 5.41) is 25.5. The largest absolute Gasteiger partial charge is 0.508 e. The van der Waals surface area contributed by atoms with Gasteiger partial charge in [0.1, 0.15) is 10.8 Å². The molecule has 0 fully saturated rings. The lowest BCUT2D eigenvalue weighted by Crippen LogP contribution is -2.28. The van der Waals surface area contributed by atoms with E-state index in [1.165, 1.54) is 30.3 Å². The number of carbonyl (C=O) groups is 1. The van der Waals surface area contributed by atoms with Crippen LogP contribution in [0.3, 0.4) is 0 Å². The predicted octanol–water partition coefficient (Wildman–Crippen LogP) is 3.52. The Hall–Kier alpha value is -2.98. The topological polar surface area (TPSA) is 108 Å². The Kier molecular flexibility index (Phi) is 4.85. The number of thiophene rings is 1. The molecule has 0 bridgehead atoms. The number of benzene rings is 2. The number of primary amides is 1. The zero-order valence-electron chi connectivity index (χ0n) is 13.5. The number of aliphatic hydroxyl groups is 1. The highest BCUT2D eigenvalue weighted by atomic mass is 32.1. The van der Waals surface area contributed by atoms with E-state index in [1.54, 1.807) is 0 Å². The maximum atomic E-state index is 12.8. The average Bonchev–Trinajstić information content (AvgIpc) is 2.90. The van der Waals surface area contributed by atoms with Gasteiger partial charge < -0.3 is 26.6 Å². The van der Waals surface area contributed by atoms with Crippen molar-refractivity contribution >= 4 is 38.0 Å². The van der Waals surface area contributed by atoms with Gasteiger partial charge in [-0.25, -0.2) is 0 Å². The van der Waals surface area contributed by atoms with Crippen LogP contribution >= 0.6 is 11.3 Å². The molecule has 2 aromatic carbocycles. The number of hydrogen-bond acceptors (Lipinski definition) is 6. The second-order valence-corrected chi connectivity index (χ2v) is 6.67. The standard InChI is InChI=1S/C17H14F3N3O3S/c18-17(19,20)8-2-1-3-9(6-8)22-16(26)23-15-13(14(21)25)11-5-4-10(24)7-12(11)27-15/h1-7,16,22-24,26H,(H2,21,25). The molecule has 10 heteroatoms. The highest BCUT2D eigenvalue weighted by Crippen LogP contribution is 2.37. The second-order valence-electron chi connectivity index (χ2n) is 5.62. The lowest BCUT2D eigenvalue weighted by molar-refractivity contribution is -0.137. The first kappa shape index (κ1) is 18.8. The number of aliphatic hydroxyl groups excluding tert-OH is 1. The fourth-order valence-corrected chi connectivity index (χ4v) is 3.70. The maximum absolute atomic E-state index is 12.8. The van der Waals surface area contributed by atoms with Crippen molar-refractivity contribution in [1.82, 2.24) is 0 Å². The van der Waals surface area contributed by atoms with Crippen LogP contribution in [-0.4, -0.2) is 22.5 Å². The van der Waals surface area contributed by atoms with Crippen molar-refractivity contribution in [3.63, 3.8) is 0 Å². The molecule has 6 N–H and O–H groups in total. The molecule has 1 heterocycles. The van der Waals surface area contributed by atoms with Crippen LogP contribution in [0.2, 0.25) is 0 Å². The molecule has 1 amide bonds. The molecule has 0 spiro atoms. The molecule has 1 atom stereocenters. The summed E-state index contributed by atoms with van der Waals surface area (Å²) in [6.07, 6.45) is -6.00. The lowest BCUT2D eigenvalue weighted by Gasteiger charge is -2.17. The summed E-state index contributed by atoms with van der Waals surface area (Å²) in [4.78, 5) is 11.8. The van der Waals surface area contributed by atoms with Gasteiger partial charge in [-0.15, -0.1) is 11.3 Å². The van der Waals surface area contributed by atoms with Gasteiger partial charge in [0.2, 0.25) is 6.35 Å². The van der Waals surface area contributed by atoms with Crippen LogP contribution in [0.25, 0.3) is 10.1 Å². The van der Waals surface area contributed by atoms with E-state index in [9.17, 15) is 28.2 Å². The molecule has 0 saturated carbocycles. The minimum atomic E-state index is -4.51. The maximum Gasteiger partial charge on any atom is 0.416 e. The average molecular weight is 397 g/mol. The van der Waals surface area contributed by atoms with Gasteiger partial charge in [-0.3, -0.25) is 4.79 Å². The summed E-state index contributed by atoms with van der Waals surface area (Å²) < 4.78 is 38.9. The highest BCUT2D eigenvalue weighted by molar-refractivity contribution is 7.23. The van der Waals surface area contributed by atoms with Crippen LogP contribution in [0.15, 0.2) is 42.5 Å². The van der Waals surface area contributed by atoms with Gasteiger partial charge in [-0.1, -0.05) is 6.07 Å². The molecule has 0 aliphatic carbocycles. The number of nitrogens with two attached hydrogens (primary N) is 1. The number of alkyl halides is 3. The molecule has 27 heavy (non-hydrogen) atoms. The first-order valence-electron chi connectivity index (χ1n) is 7.59. The van der Waals surface area contributed by atoms with Crippen molar-refractivity contribution in [2.75, 3.05) is 10.6 Å². The molecule has 6 nitrogen and oxygen atoms in total. The van der Waals surface area contributed by atoms with Crippen molar-refractivity contribution in [1.29, 1.82) is 0 Å². The van der Waals surface area contributed by atoms with E-state index in [1.807, 2.05) is 0 Å². The van der Waals surface area contributed by atoms with Gasteiger partial charge in [0.15, 0.2) is 0 Å². The molecule has 0 aliphatic rings. The van der Waals surface area contributed by atoms with Crippen molar-refractivity contribution in [3.8, 4) is 5.75 Å². The molecule has 0 aliphatic heterocycles. The van der Waals surface area contributed by atoms with Crippen LogP contribution in [0.5, 0.6) is 5.75 Å². The van der Waals surface area contributed by atoms with E-state index >= 15 is 0 Å². The molecule has 0 radical (unpaired) electrons. The Balaban J connectivity index is 1.85. The number of phenols is 1. The number of anilines is 2. The number of phenolic OH excluding ortho intramolecular Hbond substituents is 1. The zero-order valence-corrected chi connectivity index (χ0v) is 14.4. The number of hydrogen-bond donors (Lipinski definition) is 5. The van der Waals surface area contributed by atoms with E-state index in [2.05, 4.69) is 10.6 Å². The van der Waals surface area contributed by atoms with E-state index in [-0.39, 0.29) is 22.0 Å². The quantitative estimate of drug-likeness (QED) is 0.424. The lowest BCUT2D eigenvalue weighted by atomic mass is 10.1. The number of carbonyl (C=O) groups excluding carboxylic acids is 1. The Labute approximate surface area is 155 Å². The number of halogens is 3. The second kappa shape index (κ2) is 6.97. The van der Waals surface area contributed by atoms with Gasteiger partial charge in [0.05, 0.1) is 11.1 Å². The Morgan fingerprint density at radius 1 is 1.15 bits per heavy atom. The fourth-order valence-electron chi connectivity index (χ4n) is 2.53. The third-order valence-corrected chi connectivity index (χ3v) is 4.76. The summed E-state index contributed by atoms with van der Waals surface area (Å²) in [6.45, 7) is 0. The van der Waals surface area contributed by atoms with Gasteiger partial charge in [0.25, 0.3) is 5.91 Å². The van der Waals surface area contributed by atoms with Crippen molar-refractivity contribution in [2.24, 2.45) is 5.73 Å². The number of aromatic hydroxyl groups is 1. The van der Waals surface area contributed by atoms with Gasteiger partial charge in [-0.05, 0) is 36.4 Å². The molecule has 3 rings (SSSR count). The summed E-state index contributed by atoms with van der Waals surface area (Å²) in [6, 6.07) is 8.66. The summed E-state index contributed by atoms with van der Waals surface area (Å²) in [7, 11) is 0. The van der Waals surface area contributed by atoms with Crippen molar-refractivity contribution < 1.29 is 28.2 Å². The summed E-state index contributed by atoms with van der Waals surface area (Å²) in [5.74, 6) is -0.755. The minimum Gasteiger partial charge on any atom is -0.508 e. The Bertz CT molecular complexity index is 1000. The van der Waals surface area contributed by atoms with Crippen LogP contribution in [0.4, 0.5) is 23.9 Å². The molecule has 3 aromatic rings. The molecule has 0 saturated heterocycles. The number of nitrogens with one attached hydrogen (secondary N) is 2.